The van der Waals surface area contributed by atoms with Crippen LogP contribution in [0.3, 0.4) is 0 Å². The lowest BCUT2D eigenvalue weighted by Crippen LogP contribution is -2.45. The first-order valence-electron chi connectivity index (χ1n) is 7.99. The van der Waals surface area contributed by atoms with Crippen LogP contribution in [0.25, 0.3) is 0 Å². The van der Waals surface area contributed by atoms with E-state index >= 15 is 0 Å². The Morgan fingerprint density at radius 3 is 2.82 bits per heavy atom. The van der Waals surface area contributed by atoms with Crippen molar-refractivity contribution in [2.75, 3.05) is 39.4 Å². The lowest BCUT2D eigenvalue weighted by Gasteiger charge is -2.30. The summed E-state index contributed by atoms with van der Waals surface area (Å²) in [5.41, 5.74) is 0.376. The van der Waals surface area contributed by atoms with Gasteiger partial charge in [0.2, 0.25) is 5.91 Å². The first kappa shape index (κ1) is 16.9. The van der Waals surface area contributed by atoms with Crippen LogP contribution < -0.4 is 5.32 Å². The molecule has 2 heterocycles. The molecule has 0 radical (unpaired) electrons. The molecule has 1 N–H and O–H groups in total. The highest BCUT2D eigenvalue weighted by Crippen LogP contribution is 2.22. The molecule has 1 aliphatic heterocycles. The second-order valence-corrected chi connectivity index (χ2v) is 6.59. The number of pyridine rings is 1. The molecule has 122 valence electrons. The number of aromatic nitrogens is 1. The fourth-order valence-electron chi connectivity index (χ4n) is 2.64. The van der Waals surface area contributed by atoms with Crippen LogP contribution in [0.15, 0.2) is 24.5 Å². The van der Waals surface area contributed by atoms with Crippen molar-refractivity contribution in [3.63, 3.8) is 0 Å². The number of amides is 1. The fraction of sp³-hybridized carbons (Fsp3) is 0.647. The van der Waals surface area contributed by atoms with Crippen LogP contribution in [0.5, 0.6) is 0 Å². The van der Waals surface area contributed by atoms with Crippen LogP contribution in [0, 0.1) is 5.92 Å². The molecule has 5 heteroatoms. The number of carbonyl (C=O) groups excluding carboxylic acids is 1. The quantitative estimate of drug-likeness (QED) is 0.864. The lowest BCUT2D eigenvalue weighted by molar-refractivity contribution is -0.125. The van der Waals surface area contributed by atoms with Crippen molar-refractivity contribution in [1.82, 2.24) is 15.2 Å². The fourth-order valence-corrected chi connectivity index (χ4v) is 2.64. The molecule has 5 nitrogen and oxygen atoms in total. The van der Waals surface area contributed by atoms with E-state index in [-0.39, 0.29) is 5.91 Å². The first-order chi connectivity index (χ1) is 10.5. The van der Waals surface area contributed by atoms with Gasteiger partial charge in [0.15, 0.2) is 0 Å². The standard InChI is InChI=1S/C17H27N3O2/c1-14(13-20-7-9-22-10-8-20)11-19-16(21)17(2,3)15-5-4-6-18-12-15/h4-6,12,14H,7-11,13H2,1-3H3,(H,19,21)/t14-/m1/s1. The van der Waals surface area contributed by atoms with E-state index in [0.29, 0.717) is 12.5 Å². The van der Waals surface area contributed by atoms with Crippen molar-refractivity contribution >= 4 is 5.91 Å². The Morgan fingerprint density at radius 2 is 2.18 bits per heavy atom. The molecule has 1 amide bonds. The maximum Gasteiger partial charge on any atom is 0.230 e. The first-order valence-corrected chi connectivity index (χ1v) is 7.99. The van der Waals surface area contributed by atoms with Crippen LogP contribution in [0.2, 0.25) is 0 Å². The highest BCUT2D eigenvalue weighted by atomic mass is 16.5. The van der Waals surface area contributed by atoms with E-state index in [9.17, 15) is 4.79 Å². The topological polar surface area (TPSA) is 54.5 Å². The summed E-state index contributed by atoms with van der Waals surface area (Å²) in [4.78, 5) is 19.0. The average molecular weight is 305 g/mol. The van der Waals surface area contributed by atoms with E-state index in [1.165, 1.54) is 0 Å². The van der Waals surface area contributed by atoms with Gasteiger partial charge in [0.1, 0.15) is 0 Å². The smallest absolute Gasteiger partial charge is 0.230 e. The van der Waals surface area contributed by atoms with Gasteiger partial charge < -0.3 is 10.1 Å². The Morgan fingerprint density at radius 1 is 1.45 bits per heavy atom. The largest absolute Gasteiger partial charge is 0.379 e. The summed E-state index contributed by atoms with van der Waals surface area (Å²) < 4.78 is 5.36. The maximum absolute atomic E-state index is 12.5. The molecule has 1 saturated heterocycles. The second-order valence-electron chi connectivity index (χ2n) is 6.59. The Labute approximate surface area is 133 Å². The van der Waals surface area contributed by atoms with Crippen molar-refractivity contribution in [1.29, 1.82) is 0 Å². The summed E-state index contributed by atoms with van der Waals surface area (Å²) in [5.74, 6) is 0.473. The van der Waals surface area contributed by atoms with Gasteiger partial charge in [-0.3, -0.25) is 14.7 Å². The summed E-state index contributed by atoms with van der Waals surface area (Å²) in [6.07, 6.45) is 3.48. The Hall–Kier alpha value is -1.46. The maximum atomic E-state index is 12.5. The van der Waals surface area contributed by atoms with Gasteiger partial charge >= 0.3 is 0 Å². The van der Waals surface area contributed by atoms with Crippen LogP contribution in [0.4, 0.5) is 0 Å². The van der Waals surface area contributed by atoms with Gasteiger partial charge in [0.05, 0.1) is 18.6 Å². The molecule has 22 heavy (non-hydrogen) atoms. The van der Waals surface area contributed by atoms with Crippen LogP contribution in [-0.2, 0) is 14.9 Å². The highest BCUT2D eigenvalue weighted by Gasteiger charge is 2.30. The van der Waals surface area contributed by atoms with Crippen molar-refractivity contribution in [2.45, 2.75) is 26.2 Å². The van der Waals surface area contributed by atoms with Gasteiger partial charge in [0.25, 0.3) is 0 Å². The third kappa shape index (κ3) is 4.52. The summed E-state index contributed by atoms with van der Waals surface area (Å²) in [7, 11) is 0. The van der Waals surface area contributed by atoms with Gasteiger partial charge in [-0.25, -0.2) is 0 Å². The van der Waals surface area contributed by atoms with Crippen molar-refractivity contribution in [2.24, 2.45) is 5.92 Å². The molecule has 0 bridgehead atoms. The van der Waals surface area contributed by atoms with Crippen molar-refractivity contribution < 1.29 is 9.53 Å². The molecule has 2 rings (SSSR count). The van der Waals surface area contributed by atoms with E-state index in [1.807, 2.05) is 26.0 Å². The van der Waals surface area contributed by atoms with Crippen LogP contribution in [0.1, 0.15) is 26.3 Å². The van der Waals surface area contributed by atoms with Gasteiger partial charge in [-0.2, -0.15) is 0 Å². The summed E-state index contributed by atoms with van der Waals surface area (Å²) in [6.45, 7) is 11.3. The van der Waals surface area contributed by atoms with Gasteiger partial charge in [-0.05, 0) is 31.4 Å². The predicted octanol–water partition coefficient (Wildman–Crippen LogP) is 1.44. The SMILES string of the molecule is C[C@H](CNC(=O)C(C)(C)c1cccnc1)CN1CCOCC1. The molecule has 1 atom stereocenters. The summed E-state index contributed by atoms with van der Waals surface area (Å²) in [5, 5.41) is 3.09. The number of rotatable bonds is 6. The van der Waals surface area contributed by atoms with E-state index in [2.05, 4.69) is 22.1 Å². The number of ether oxygens (including phenoxy) is 1. The Bertz CT molecular complexity index is 470. The number of nitrogens with zero attached hydrogens (tertiary/aromatic N) is 2. The molecular weight excluding hydrogens is 278 g/mol. The molecule has 0 spiro atoms. The minimum absolute atomic E-state index is 0.0503. The monoisotopic (exact) mass is 305 g/mol. The van der Waals surface area contributed by atoms with E-state index in [4.69, 9.17) is 4.74 Å². The predicted molar refractivity (Wildman–Crippen MR) is 86.7 cm³/mol. The number of carbonyl (C=O) groups is 1. The van der Waals surface area contributed by atoms with E-state index in [1.54, 1.807) is 12.4 Å². The molecule has 0 unspecified atom stereocenters. The molecule has 1 aromatic heterocycles. The minimum Gasteiger partial charge on any atom is -0.379 e. The summed E-state index contributed by atoms with van der Waals surface area (Å²) >= 11 is 0. The molecule has 1 aliphatic rings. The van der Waals surface area contributed by atoms with Crippen LogP contribution in [-0.4, -0.2) is 55.2 Å². The average Bonchev–Trinajstić information content (AvgIpc) is 2.54. The third-order valence-electron chi connectivity index (χ3n) is 4.24. The Balaban J connectivity index is 1.81. The van der Waals surface area contributed by atoms with Gasteiger partial charge in [-0.1, -0.05) is 13.0 Å². The van der Waals surface area contributed by atoms with Crippen molar-refractivity contribution in [3.8, 4) is 0 Å². The molecule has 0 aliphatic carbocycles. The summed E-state index contributed by atoms with van der Waals surface area (Å²) in [6, 6.07) is 3.81. The zero-order valence-electron chi connectivity index (χ0n) is 13.8. The van der Waals surface area contributed by atoms with Gasteiger partial charge in [0, 0.05) is 38.6 Å². The zero-order chi connectivity index (χ0) is 16.0. The third-order valence-corrected chi connectivity index (χ3v) is 4.24. The van der Waals surface area contributed by atoms with E-state index < -0.39 is 5.41 Å². The Kier molecular flexibility index (Phi) is 5.91. The molecule has 0 aromatic carbocycles. The number of nitrogens with one attached hydrogen (secondary N) is 1. The number of hydrogen-bond donors (Lipinski definition) is 1. The molecule has 1 fully saturated rings. The van der Waals surface area contributed by atoms with Gasteiger partial charge in [-0.15, -0.1) is 0 Å². The molecule has 0 saturated carbocycles. The molecule has 1 aromatic rings. The van der Waals surface area contributed by atoms with E-state index in [0.717, 1.165) is 38.4 Å². The highest BCUT2D eigenvalue weighted by molar-refractivity contribution is 5.87. The minimum atomic E-state index is -0.563. The second kappa shape index (κ2) is 7.70. The lowest BCUT2D eigenvalue weighted by atomic mass is 9.84. The normalized spacial score (nSPS) is 18.0. The van der Waals surface area contributed by atoms with Crippen molar-refractivity contribution in [3.05, 3.63) is 30.1 Å². The van der Waals surface area contributed by atoms with Crippen LogP contribution >= 0.6 is 0 Å². The number of morpholine rings is 1. The zero-order valence-corrected chi connectivity index (χ0v) is 13.8. The number of hydrogen-bond acceptors (Lipinski definition) is 4. The molecular formula is C17H27N3O2.